The minimum Gasteiger partial charge on any atom is -0.497 e. The molecule has 10 heteroatoms. The first kappa shape index (κ1) is 29.4. The Morgan fingerprint density at radius 2 is 1.81 bits per heavy atom. The van der Waals surface area contributed by atoms with E-state index in [1.165, 1.54) is 11.8 Å². The summed E-state index contributed by atoms with van der Waals surface area (Å²) in [5, 5.41) is 2.59. The molecule has 0 aliphatic carbocycles. The number of esters is 2. The molecular formula is C32H35N3O6S. The number of amidine groups is 1. The van der Waals surface area contributed by atoms with Crippen molar-refractivity contribution in [1.29, 1.82) is 0 Å². The molecule has 0 saturated carbocycles. The van der Waals surface area contributed by atoms with Gasteiger partial charge in [0.25, 0.3) is 0 Å². The smallest absolute Gasteiger partial charge is 0.338 e. The molecule has 2 atom stereocenters. The number of amides is 1. The average Bonchev–Trinajstić information content (AvgIpc) is 3.42. The summed E-state index contributed by atoms with van der Waals surface area (Å²) in [5.41, 5.74) is 3.25. The topological polar surface area (TPSA) is 97.7 Å². The minimum atomic E-state index is -0.607. The molecule has 0 N–H and O–H groups in total. The van der Waals surface area contributed by atoms with E-state index in [0.29, 0.717) is 48.3 Å². The molecule has 5 rings (SSSR count). The standard InChI is InChI=1S/C32H35N3O6S/c1-4-40-30(37)23-14-10-16-34(19-23)26(36)18-24-20-42-32-33-28(21-11-7-6-8-12-21)27(31(38)41-5-2)29(35(24)32)22-13-9-15-25(17-22)39-3/h6-9,11-13,15,17,20,23,29H,4-5,10,14,16,18-19H2,1-3H3. The van der Waals surface area contributed by atoms with Gasteiger partial charge in [-0.2, -0.15) is 0 Å². The number of carbonyl (C=O) groups is 3. The lowest BCUT2D eigenvalue weighted by atomic mass is 9.91. The van der Waals surface area contributed by atoms with Crippen molar-refractivity contribution in [3.8, 4) is 5.75 Å². The van der Waals surface area contributed by atoms with Crippen molar-refractivity contribution >= 4 is 40.5 Å². The van der Waals surface area contributed by atoms with Crippen molar-refractivity contribution in [3.05, 3.63) is 82.4 Å². The lowest BCUT2D eigenvalue weighted by molar-refractivity contribution is -0.151. The zero-order valence-electron chi connectivity index (χ0n) is 24.1. The summed E-state index contributed by atoms with van der Waals surface area (Å²) in [6, 6.07) is 16.5. The molecule has 220 valence electrons. The highest BCUT2D eigenvalue weighted by Crippen LogP contribution is 2.47. The van der Waals surface area contributed by atoms with Gasteiger partial charge in [0.2, 0.25) is 5.91 Å². The number of aliphatic imine (C=N–C) groups is 1. The number of likely N-dealkylation sites (tertiary alicyclic amines) is 1. The van der Waals surface area contributed by atoms with Gasteiger partial charge < -0.3 is 24.0 Å². The highest BCUT2D eigenvalue weighted by molar-refractivity contribution is 8.16. The highest BCUT2D eigenvalue weighted by atomic mass is 32.2. The van der Waals surface area contributed by atoms with Crippen molar-refractivity contribution in [2.75, 3.05) is 33.4 Å². The van der Waals surface area contributed by atoms with Crippen LogP contribution in [0.25, 0.3) is 5.70 Å². The number of carbonyl (C=O) groups excluding carboxylic acids is 3. The molecule has 2 unspecified atom stereocenters. The Kier molecular flexibility index (Phi) is 9.31. The fraction of sp³-hybridized carbons (Fsp3) is 0.375. The Bertz CT molecular complexity index is 1440. The van der Waals surface area contributed by atoms with Gasteiger partial charge in [-0.25, -0.2) is 9.79 Å². The van der Waals surface area contributed by atoms with Crippen LogP contribution >= 0.6 is 11.8 Å². The summed E-state index contributed by atoms with van der Waals surface area (Å²) < 4.78 is 16.3. The number of methoxy groups -OCH3 is 1. The van der Waals surface area contributed by atoms with Gasteiger partial charge in [0, 0.05) is 24.4 Å². The summed E-state index contributed by atoms with van der Waals surface area (Å²) in [6.45, 7) is 5.00. The van der Waals surface area contributed by atoms with Gasteiger partial charge >= 0.3 is 11.9 Å². The molecule has 1 amide bonds. The molecule has 3 aliphatic rings. The van der Waals surface area contributed by atoms with E-state index in [4.69, 9.17) is 19.2 Å². The van der Waals surface area contributed by atoms with E-state index in [1.807, 2.05) is 64.9 Å². The normalized spacial score (nSPS) is 20.0. The molecule has 0 aromatic heterocycles. The van der Waals surface area contributed by atoms with Gasteiger partial charge in [-0.1, -0.05) is 54.2 Å². The van der Waals surface area contributed by atoms with E-state index in [1.54, 1.807) is 25.9 Å². The van der Waals surface area contributed by atoms with E-state index in [0.717, 1.165) is 23.2 Å². The first-order chi connectivity index (χ1) is 20.4. The predicted octanol–water partition coefficient (Wildman–Crippen LogP) is 5.16. The summed E-state index contributed by atoms with van der Waals surface area (Å²) >= 11 is 1.42. The van der Waals surface area contributed by atoms with Crippen LogP contribution in [0.3, 0.4) is 0 Å². The fourth-order valence-corrected chi connectivity index (χ4v) is 6.46. The van der Waals surface area contributed by atoms with Crippen molar-refractivity contribution < 1.29 is 28.6 Å². The second-order valence-corrected chi connectivity index (χ2v) is 11.0. The van der Waals surface area contributed by atoms with Crippen molar-refractivity contribution in [1.82, 2.24) is 9.80 Å². The summed E-state index contributed by atoms with van der Waals surface area (Å²) in [5.74, 6) is -0.488. The summed E-state index contributed by atoms with van der Waals surface area (Å²) in [6.07, 6.45) is 1.54. The van der Waals surface area contributed by atoms with Crippen molar-refractivity contribution in [2.45, 2.75) is 39.2 Å². The van der Waals surface area contributed by atoms with E-state index in [2.05, 4.69) is 0 Å². The van der Waals surface area contributed by atoms with Crippen LogP contribution in [-0.4, -0.2) is 66.2 Å². The van der Waals surface area contributed by atoms with Gasteiger partial charge in [0.15, 0.2) is 5.17 Å². The first-order valence-electron chi connectivity index (χ1n) is 14.2. The first-order valence-corrected chi connectivity index (χ1v) is 15.1. The molecule has 1 fully saturated rings. The molecule has 0 radical (unpaired) electrons. The van der Waals surface area contributed by atoms with Crippen LogP contribution in [0.4, 0.5) is 0 Å². The molecule has 9 nitrogen and oxygen atoms in total. The van der Waals surface area contributed by atoms with Crippen LogP contribution < -0.4 is 4.74 Å². The lowest BCUT2D eigenvalue weighted by Gasteiger charge is -2.37. The Morgan fingerprint density at radius 3 is 2.55 bits per heavy atom. The number of piperidine rings is 1. The van der Waals surface area contributed by atoms with E-state index in [9.17, 15) is 14.4 Å². The van der Waals surface area contributed by atoms with Crippen molar-refractivity contribution in [2.24, 2.45) is 10.9 Å². The predicted molar refractivity (Wildman–Crippen MR) is 161 cm³/mol. The molecule has 0 bridgehead atoms. The third-order valence-electron chi connectivity index (χ3n) is 7.49. The second-order valence-electron chi connectivity index (χ2n) is 10.1. The Balaban J connectivity index is 1.52. The average molecular weight is 590 g/mol. The number of thioether (sulfide) groups is 1. The number of nitrogens with zero attached hydrogens (tertiary/aromatic N) is 3. The van der Waals surface area contributed by atoms with Gasteiger partial charge in [-0.3, -0.25) is 9.59 Å². The van der Waals surface area contributed by atoms with Gasteiger partial charge in [0.1, 0.15) is 5.75 Å². The second kappa shape index (κ2) is 13.3. The van der Waals surface area contributed by atoms with E-state index < -0.39 is 12.0 Å². The maximum absolute atomic E-state index is 13.7. The third-order valence-corrected chi connectivity index (χ3v) is 8.38. The van der Waals surface area contributed by atoms with E-state index >= 15 is 0 Å². The maximum atomic E-state index is 13.7. The molecule has 42 heavy (non-hydrogen) atoms. The monoisotopic (exact) mass is 589 g/mol. The summed E-state index contributed by atoms with van der Waals surface area (Å²) in [7, 11) is 1.60. The van der Waals surface area contributed by atoms with Crippen LogP contribution in [0, 0.1) is 5.92 Å². The quantitative estimate of drug-likeness (QED) is 0.370. The SMILES string of the molecule is CCOC(=O)C1=C(c2ccccc2)N=C2SC=C(CC(=O)N3CCCC(C(=O)OCC)C3)N2C1c1cccc(OC)c1. The zero-order valence-corrected chi connectivity index (χ0v) is 24.9. The largest absolute Gasteiger partial charge is 0.497 e. The van der Waals surface area contributed by atoms with Crippen LogP contribution in [0.1, 0.15) is 50.3 Å². The lowest BCUT2D eigenvalue weighted by Crippen LogP contribution is -2.44. The summed E-state index contributed by atoms with van der Waals surface area (Å²) in [4.78, 5) is 48.4. The molecule has 1 saturated heterocycles. The van der Waals surface area contributed by atoms with Gasteiger partial charge in [-0.05, 0) is 49.8 Å². The number of rotatable bonds is 9. The Morgan fingerprint density at radius 1 is 1.02 bits per heavy atom. The number of hydrogen-bond acceptors (Lipinski definition) is 9. The van der Waals surface area contributed by atoms with Gasteiger partial charge in [-0.15, -0.1) is 0 Å². The molecular weight excluding hydrogens is 554 g/mol. The van der Waals surface area contributed by atoms with Crippen LogP contribution in [0.15, 0.2) is 76.3 Å². The van der Waals surface area contributed by atoms with Gasteiger partial charge in [0.05, 0.1) is 50.0 Å². The Hall–Kier alpha value is -4.05. The van der Waals surface area contributed by atoms with Crippen LogP contribution in [0.2, 0.25) is 0 Å². The molecule has 2 aromatic carbocycles. The number of ether oxygens (including phenoxy) is 3. The zero-order chi connectivity index (χ0) is 29.6. The third kappa shape index (κ3) is 6.09. The maximum Gasteiger partial charge on any atom is 0.338 e. The highest BCUT2D eigenvalue weighted by Gasteiger charge is 2.43. The van der Waals surface area contributed by atoms with Crippen LogP contribution in [0.5, 0.6) is 5.75 Å². The molecule has 3 heterocycles. The Labute approximate surface area is 250 Å². The molecule has 2 aromatic rings. The fourth-order valence-electron chi connectivity index (χ4n) is 5.54. The number of benzene rings is 2. The minimum absolute atomic E-state index is 0.0861. The number of hydrogen-bond donors (Lipinski definition) is 0. The van der Waals surface area contributed by atoms with Crippen molar-refractivity contribution in [3.63, 3.8) is 0 Å². The molecule has 0 spiro atoms. The number of fused-ring (bicyclic) bond motifs is 1. The van der Waals surface area contributed by atoms with E-state index in [-0.39, 0.29) is 30.8 Å². The molecule has 3 aliphatic heterocycles. The van der Waals surface area contributed by atoms with Crippen LogP contribution in [-0.2, 0) is 23.9 Å².